The topological polar surface area (TPSA) is 75.6 Å². The average molecular weight is 291 g/mol. The zero-order chi connectivity index (χ0) is 15.3. The molecule has 1 saturated heterocycles. The minimum Gasteiger partial charge on any atom is -0.481 e. The Bertz CT molecular complexity index is 521. The van der Waals surface area contributed by atoms with E-state index in [9.17, 15) is 9.59 Å². The minimum atomic E-state index is -0.902. The highest BCUT2D eigenvalue weighted by atomic mass is 16.5. The van der Waals surface area contributed by atoms with Gasteiger partial charge < -0.3 is 15.2 Å². The number of aryl methyl sites for hydroxylation is 1. The van der Waals surface area contributed by atoms with E-state index in [4.69, 9.17) is 9.84 Å². The lowest BCUT2D eigenvalue weighted by Crippen LogP contribution is -2.53. The van der Waals surface area contributed by atoms with Crippen molar-refractivity contribution in [3.63, 3.8) is 0 Å². The van der Waals surface area contributed by atoms with Gasteiger partial charge in [-0.3, -0.25) is 9.59 Å². The van der Waals surface area contributed by atoms with Crippen molar-refractivity contribution in [1.29, 1.82) is 0 Å². The number of nitrogens with one attached hydrogen (secondary N) is 1. The average Bonchev–Trinajstić information content (AvgIpc) is 2.47. The molecule has 2 N–H and O–H groups in total. The van der Waals surface area contributed by atoms with Crippen LogP contribution in [0.4, 0.5) is 0 Å². The fourth-order valence-electron chi connectivity index (χ4n) is 2.76. The van der Waals surface area contributed by atoms with Gasteiger partial charge in [-0.25, -0.2) is 0 Å². The second-order valence-electron chi connectivity index (χ2n) is 5.43. The number of amides is 1. The first-order valence-electron chi connectivity index (χ1n) is 7.26. The standard InChI is InChI=1S/C16H21NO4/c1-2-12-5-3-4-6-13(12)15(20)17-16(11-14(18)19)7-9-21-10-8-16/h3-6H,2,7-11H2,1H3,(H,17,20)(H,18,19). The third-order valence-corrected chi connectivity index (χ3v) is 3.96. The fraction of sp³-hybridized carbons (Fsp3) is 0.500. The number of aliphatic carboxylic acids is 1. The molecular formula is C16H21NO4. The summed E-state index contributed by atoms with van der Waals surface area (Å²) >= 11 is 0. The molecule has 5 nitrogen and oxygen atoms in total. The minimum absolute atomic E-state index is 0.0730. The molecule has 1 aromatic rings. The summed E-state index contributed by atoms with van der Waals surface area (Å²) in [6, 6.07) is 7.42. The first-order valence-corrected chi connectivity index (χ1v) is 7.26. The molecule has 1 aliphatic heterocycles. The van der Waals surface area contributed by atoms with Crippen LogP contribution in [0.15, 0.2) is 24.3 Å². The van der Waals surface area contributed by atoms with Gasteiger partial charge in [0, 0.05) is 18.8 Å². The maximum atomic E-state index is 12.5. The van der Waals surface area contributed by atoms with Crippen molar-refractivity contribution in [3.05, 3.63) is 35.4 Å². The van der Waals surface area contributed by atoms with Crippen LogP contribution in [0, 0.1) is 0 Å². The molecule has 21 heavy (non-hydrogen) atoms. The van der Waals surface area contributed by atoms with Gasteiger partial charge in [0.2, 0.25) is 0 Å². The molecule has 1 heterocycles. The molecule has 0 unspecified atom stereocenters. The summed E-state index contributed by atoms with van der Waals surface area (Å²) in [5.74, 6) is -1.10. The monoisotopic (exact) mass is 291 g/mol. The molecule has 1 aliphatic rings. The SMILES string of the molecule is CCc1ccccc1C(=O)NC1(CC(=O)O)CCOCC1. The molecule has 0 aromatic heterocycles. The van der Waals surface area contributed by atoms with Crippen LogP contribution < -0.4 is 5.32 Å². The Labute approximate surface area is 124 Å². The van der Waals surface area contributed by atoms with Gasteiger partial charge in [0.25, 0.3) is 5.91 Å². The summed E-state index contributed by atoms with van der Waals surface area (Å²) in [4.78, 5) is 23.7. The summed E-state index contributed by atoms with van der Waals surface area (Å²) in [7, 11) is 0. The molecular weight excluding hydrogens is 270 g/mol. The van der Waals surface area contributed by atoms with Gasteiger partial charge in [-0.2, -0.15) is 0 Å². The zero-order valence-corrected chi connectivity index (χ0v) is 12.2. The van der Waals surface area contributed by atoms with E-state index in [1.807, 2.05) is 25.1 Å². The highest BCUT2D eigenvalue weighted by Crippen LogP contribution is 2.25. The summed E-state index contributed by atoms with van der Waals surface area (Å²) in [5, 5.41) is 12.1. The first-order chi connectivity index (χ1) is 10.1. The Balaban J connectivity index is 2.19. The zero-order valence-electron chi connectivity index (χ0n) is 12.2. The summed E-state index contributed by atoms with van der Waals surface area (Å²) < 4.78 is 5.29. The molecule has 0 bridgehead atoms. The smallest absolute Gasteiger partial charge is 0.305 e. The van der Waals surface area contributed by atoms with Gasteiger partial charge in [0.1, 0.15) is 0 Å². The second-order valence-corrected chi connectivity index (χ2v) is 5.43. The van der Waals surface area contributed by atoms with E-state index in [0.717, 1.165) is 12.0 Å². The Hall–Kier alpha value is -1.88. The van der Waals surface area contributed by atoms with E-state index >= 15 is 0 Å². The molecule has 0 saturated carbocycles. The Morgan fingerprint density at radius 3 is 2.57 bits per heavy atom. The highest BCUT2D eigenvalue weighted by Gasteiger charge is 2.36. The molecule has 1 fully saturated rings. The van der Waals surface area contributed by atoms with Gasteiger partial charge in [-0.1, -0.05) is 25.1 Å². The number of carbonyl (C=O) groups excluding carboxylic acids is 1. The lowest BCUT2D eigenvalue weighted by molar-refractivity contribution is -0.139. The van der Waals surface area contributed by atoms with Gasteiger partial charge >= 0.3 is 5.97 Å². The van der Waals surface area contributed by atoms with Crippen molar-refractivity contribution in [2.75, 3.05) is 13.2 Å². The van der Waals surface area contributed by atoms with Crippen molar-refractivity contribution in [1.82, 2.24) is 5.32 Å². The number of hydrogen-bond acceptors (Lipinski definition) is 3. The molecule has 0 spiro atoms. The number of carboxylic acid groups (broad SMARTS) is 1. The van der Waals surface area contributed by atoms with Crippen molar-refractivity contribution in [2.24, 2.45) is 0 Å². The molecule has 0 radical (unpaired) electrons. The number of benzene rings is 1. The van der Waals surface area contributed by atoms with Crippen LogP contribution in [0.2, 0.25) is 0 Å². The molecule has 0 aliphatic carbocycles. The van der Waals surface area contributed by atoms with Crippen LogP contribution in [0.5, 0.6) is 0 Å². The maximum Gasteiger partial charge on any atom is 0.305 e. The molecule has 1 amide bonds. The molecule has 5 heteroatoms. The number of rotatable bonds is 5. The van der Waals surface area contributed by atoms with E-state index < -0.39 is 11.5 Å². The van der Waals surface area contributed by atoms with E-state index in [1.54, 1.807) is 6.07 Å². The lowest BCUT2D eigenvalue weighted by Gasteiger charge is -2.37. The summed E-state index contributed by atoms with van der Waals surface area (Å²) in [5.41, 5.74) is 0.881. The Morgan fingerprint density at radius 1 is 1.29 bits per heavy atom. The maximum absolute atomic E-state index is 12.5. The predicted molar refractivity (Wildman–Crippen MR) is 78.3 cm³/mol. The number of ether oxygens (including phenoxy) is 1. The quantitative estimate of drug-likeness (QED) is 0.870. The van der Waals surface area contributed by atoms with E-state index in [0.29, 0.717) is 31.6 Å². The van der Waals surface area contributed by atoms with Gasteiger partial charge in [-0.15, -0.1) is 0 Å². The molecule has 0 atom stereocenters. The van der Waals surface area contributed by atoms with Crippen LogP contribution in [0.25, 0.3) is 0 Å². The lowest BCUT2D eigenvalue weighted by atomic mass is 9.86. The third-order valence-electron chi connectivity index (χ3n) is 3.96. The van der Waals surface area contributed by atoms with Gasteiger partial charge in [0.05, 0.1) is 12.0 Å². The number of hydrogen-bond donors (Lipinski definition) is 2. The van der Waals surface area contributed by atoms with Crippen molar-refractivity contribution in [3.8, 4) is 0 Å². The van der Waals surface area contributed by atoms with Crippen molar-refractivity contribution in [2.45, 2.75) is 38.1 Å². The van der Waals surface area contributed by atoms with Crippen LogP contribution in [-0.4, -0.2) is 35.7 Å². The predicted octanol–water partition coefficient (Wildman–Crippen LogP) is 2.00. The number of carbonyl (C=O) groups is 2. The van der Waals surface area contributed by atoms with E-state index in [-0.39, 0.29) is 12.3 Å². The van der Waals surface area contributed by atoms with Crippen molar-refractivity contribution < 1.29 is 19.4 Å². The first kappa shape index (κ1) is 15.5. The van der Waals surface area contributed by atoms with Crippen LogP contribution in [-0.2, 0) is 16.0 Å². The van der Waals surface area contributed by atoms with Gasteiger partial charge in [-0.05, 0) is 30.9 Å². The van der Waals surface area contributed by atoms with Crippen LogP contribution in [0.3, 0.4) is 0 Å². The highest BCUT2D eigenvalue weighted by molar-refractivity contribution is 5.96. The van der Waals surface area contributed by atoms with E-state index in [1.165, 1.54) is 0 Å². The number of carboxylic acids is 1. The second kappa shape index (κ2) is 6.72. The Kier molecular flexibility index (Phi) is 4.96. The van der Waals surface area contributed by atoms with Crippen molar-refractivity contribution >= 4 is 11.9 Å². The van der Waals surface area contributed by atoms with E-state index in [2.05, 4.69) is 5.32 Å². The fourth-order valence-corrected chi connectivity index (χ4v) is 2.76. The summed E-state index contributed by atoms with van der Waals surface area (Å²) in [6.07, 6.45) is 1.74. The largest absolute Gasteiger partial charge is 0.481 e. The van der Waals surface area contributed by atoms with Gasteiger partial charge in [0.15, 0.2) is 0 Å². The third kappa shape index (κ3) is 3.82. The Morgan fingerprint density at radius 2 is 1.95 bits per heavy atom. The summed E-state index contributed by atoms with van der Waals surface area (Å²) in [6.45, 7) is 2.94. The molecule has 1 aromatic carbocycles. The molecule has 114 valence electrons. The van der Waals surface area contributed by atoms with Crippen LogP contribution >= 0.6 is 0 Å². The normalized spacial score (nSPS) is 17.2. The van der Waals surface area contributed by atoms with Crippen LogP contribution in [0.1, 0.15) is 42.1 Å². The molecule has 2 rings (SSSR count).